The normalized spacial score (nSPS) is 23.4. The number of rotatable bonds is 9. The maximum absolute atomic E-state index is 5.67. The molecule has 1 aromatic carbocycles. The lowest BCUT2D eigenvalue weighted by molar-refractivity contribution is 0.263. The summed E-state index contributed by atoms with van der Waals surface area (Å²) in [6.07, 6.45) is 3.16. The van der Waals surface area contributed by atoms with E-state index < -0.39 is 0 Å². The van der Waals surface area contributed by atoms with E-state index in [1.54, 1.807) is 0 Å². The van der Waals surface area contributed by atoms with E-state index in [-0.39, 0.29) is 0 Å². The van der Waals surface area contributed by atoms with Gasteiger partial charge in [0, 0.05) is 18.8 Å². The number of benzene rings is 1. The average Bonchev–Trinajstić information content (AvgIpc) is 3.37. The number of hydrogen-bond donors (Lipinski definition) is 0. The molecule has 4 heteroatoms. The molecule has 0 aromatic heterocycles. The van der Waals surface area contributed by atoms with Gasteiger partial charge < -0.3 is 19.1 Å². The highest BCUT2D eigenvalue weighted by atomic mass is 16.6. The minimum absolute atomic E-state index is 0.308. The maximum Gasteiger partial charge on any atom is 0.119 e. The van der Waals surface area contributed by atoms with Gasteiger partial charge in [0.25, 0.3) is 0 Å². The number of epoxide rings is 2. The Labute approximate surface area is 120 Å². The molecule has 0 bridgehead atoms. The van der Waals surface area contributed by atoms with Crippen molar-refractivity contribution >= 4 is 5.69 Å². The molecule has 0 amide bonds. The third-order valence-electron chi connectivity index (χ3n) is 3.65. The molecule has 0 radical (unpaired) electrons. The molecule has 0 aliphatic carbocycles. The smallest absolute Gasteiger partial charge is 0.119 e. The van der Waals surface area contributed by atoms with E-state index in [0.29, 0.717) is 18.8 Å². The van der Waals surface area contributed by atoms with Crippen LogP contribution in [0.5, 0.6) is 5.75 Å². The van der Waals surface area contributed by atoms with Gasteiger partial charge in [-0.3, -0.25) is 0 Å². The monoisotopic (exact) mass is 277 g/mol. The first-order valence-electron chi connectivity index (χ1n) is 7.56. The van der Waals surface area contributed by atoms with Crippen LogP contribution in [-0.4, -0.2) is 45.1 Å². The van der Waals surface area contributed by atoms with Gasteiger partial charge in [-0.25, -0.2) is 0 Å². The highest BCUT2D eigenvalue weighted by molar-refractivity contribution is 5.49. The minimum Gasteiger partial charge on any atom is -0.491 e. The summed E-state index contributed by atoms with van der Waals surface area (Å²) >= 11 is 0. The van der Waals surface area contributed by atoms with Gasteiger partial charge in [-0.1, -0.05) is 13.3 Å². The van der Waals surface area contributed by atoms with Gasteiger partial charge in [0.2, 0.25) is 0 Å². The Kier molecular flexibility index (Phi) is 4.43. The van der Waals surface area contributed by atoms with E-state index in [0.717, 1.165) is 32.1 Å². The van der Waals surface area contributed by atoms with E-state index >= 15 is 0 Å². The van der Waals surface area contributed by atoms with Crippen LogP contribution in [0.25, 0.3) is 0 Å². The van der Waals surface area contributed by atoms with E-state index in [1.165, 1.54) is 18.5 Å². The quantitative estimate of drug-likeness (QED) is 0.650. The molecular weight excluding hydrogens is 254 g/mol. The molecule has 2 aliphatic rings. The van der Waals surface area contributed by atoms with Gasteiger partial charge in [-0.15, -0.1) is 0 Å². The Morgan fingerprint density at radius 1 is 1.15 bits per heavy atom. The lowest BCUT2D eigenvalue weighted by Gasteiger charge is -2.24. The first kappa shape index (κ1) is 13.7. The third kappa shape index (κ3) is 4.12. The van der Waals surface area contributed by atoms with E-state index in [1.807, 2.05) is 12.1 Å². The van der Waals surface area contributed by atoms with Crippen LogP contribution in [0.3, 0.4) is 0 Å². The summed E-state index contributed by atoms with van der Waals surface area (Å²) in [5.74, 6) is 0.919. The van der Waals surface area contributed by atoms with Gasteiger partial charge in [0.1, 0.15) is 18.5 Å². The van der Waals surface area contributed by atoms with E-state index in [9.17, 15) is 0 Å². The molecule has 3 rings (SSSR count). The molecule has 20 heavy (non-hydrogen) atoms. The highest BCUT2D eigenvalue weighted by Crippen LogP contribution is 2.23. The molecule has 2 fully saturated rings. The fourth-order valence-corrected chi connectivity index (χ4v) is 2.20. The van der Waals surface area contributed by atoms with Crippen LogP contribution >= 0.6 is 0 Å². The largest absolute Gasteiger partial charge is 0.491 e. The summed E-state index contributed by atoms with van der Waals surface area (Å²) in [5.41, 5.74) is 1.25. The number of unbranched alkanes of at least 4 members (excludes halogenated alkanes) is 1. The molecule has 2 atom stereocenters. The molecule has 110 valence electrons. The van der Waals surface area contributed by atoms with Crippen molar-refractivity contribution in [1.82, 2.24) is 0 Å². The minimum atomic E-state index is 0.308. The molecule has 0 saturated carbocycles. The highest BCUT2D eigenvalue weighted by Gasteiger charge is 2.25. The second-order valence-electron chi connectivity index (χ2n) is 5.52. The molecule has 0 N–H and O–H groups in total. The molecule has 4 nitrogen and oxygen atoms in total. The van der Waals surface area contributed by atoms with Crippen LogP contribution in [0.15, 0.2) is 24.3 Å². The average molecular weight is 277 g/mol. The van der Waals surface area contributed by atoms with Gasteiger partial charge >= 0.3 is 0 Å². The topological polar surface area (TPSA) is 37.5 Å². The van der Waals surface area contributed by atoms with Crippen LogP contribution in [0.4, 0.5) is 5.69 Å². The number of ether oxygens (including phenoxy) is 3. The Morgan fingerprint density at radius 3 is 2.45 bits per heavy atom. The molecular formula is C16H23NO3. The fraction of sp³-hybridized carbons (Fsp3) is 0.625. The van der Waals surface area contributed by atoms with Crippen molar-refractivity contribution in [1.29, 1.82) is 0 Å². The van der Waals surface area contributed by atoms with Crippen molar-refractivity contribution in [3.63, 3.8) is 0 Å². The van der Waals surface area contributed by atoms with E-state index in [4.69, 9.17) is 14.2 Å². The number of anilines is 1. The predicted octanol–water partition coefficient (Wildman–Crippen LogP) is 2.47. The van der Waals surface area contributed by atoms with Crippen LogP contribution in [0.1, 0.15) is 19.8 Å². The van der Waals surface area contributed by atoms with Gasteiger partial charge in [-0.05, 0) is 30.7 Å². The van der Waals surface area contributed by atoms with Crippen LogP contribution in [0, 0.1) is 0 Å². The van der Waals surface area contributed by atoms with Crippen LogP contribution in [0.2, 0.25) is 0 Å². The van der Waals surface area contributed by atoms with Crippen molar-refractivity contribution in [2.75, 3.05) is 37.8 Å². The second-order valence-corrected chi connectivity index (χ2v) is 5.52. The molecule has 2 aliphatic heterocycles. The third-order valence-corrected chi connectivity index (χ3v) is 3.65. The summed E-state index contributed by atoms with van der Waals surface area (Å²) in [6.45, 7) is 6.72. The SMILES string of the molecule is CCCCN(CC1CO1)c1ccc(OCC2CO2)cc1. The Bertz CT molecular complexity index is 412. The Balaban J connectivity index is 1.56. The zero-order valence-corrected chi connectivity index (χ0v) is 12.1. The zero-order valence-electron chi connectivity index (χ0n) is 12.1. The van der Waals surface area contributed by atoms with Crippen LogP contribution in [-0.2, 0) is 9.47 Å². The summed E-state index contributed by atoms with van der Waals surface area (Å²) in [6, 6.07) is 8.37. The maximum atomic E-state index is 5.67. The molecule has 2 saturated heterocycles. The Morgan fingerprint density at radius 2 is 1.85 bits per heavy atom. The standard InChI is InChI=1S/C16H23NO3/c1-2-3-8-17(9-15-10-19-15)13-4-6-14(7-5-13)18-11-16-12-20-16/h4-7,15-16H,2-3,8-12H2,1H3. The van der Waals surface area contributed by atoms with Crippen molar-refractivity contribution in [3.05, 3.63) is 24.3 Å². The lowest BCUT2D eigenvalue weighted by atomic mass is 10.2. The fourth-order valence-electron chi connectivity index (χ4n) is 2.20. The van der Waals surface area contributed by atoms with Crippen LogP contribution < -0.4 is 9.64 Å². The van der Waals surface area contributed by atoms with Crippen molar-refractivity contribution in [2.45, 2.75) is 32.0 Å². The molecule has 1 aromatic rings. The molecule has 2 heterocycles. The summed E-state index contributed by atoms with van der Waals surface area (Å²) < 4.78 is 16.2. The number of nitrogens with zero attached hydrogens (tertiary/aromatic N) is 1. The van der Waals surface area contributed by atoms with Gasteiger partial charge in [0.15, 0.2) is 0 Å². The van der Waals surface area contributed by atoms with Gasteiger partial charge in [-0.2, -0.15) is 0 Å². The van der Waals surface area contributed by atoms with Crippen molar-refractivity contribution < 1.29 is 14.2 Å². The summed E-state index contributed by atoms with van der Waals surface area (Å²) in [7, 11) is 0. The van der Waals surface area contributed by atoms with E-state index in [2.05, 4.69) is 24.0 Å². The van der Waals surface area contributed by atoms with Crippen molar-refractivity contribution in [2.24, 2.45) is 0 Å². The molecule has 0 spiro atoms. The number of hydrogen-bond acceptors (Lipinski definition) is 4. The first-order chi connectivity index (χ1) is 9.85. The molecule has 2 unspecified atom stereocenters. The van der Waals surface area contributed by atoms with Crippen molar-refractivity contribution in [3.8, 4) is 5.75 Å². The predicted molar refractivity (Wildman–Crippen MR) is 78.5 cm³/mol. The second kappa shape index (κ2) is 6.46. The Hall–Kier alpha value is -1.26. The summed E-state index contributed by atoms with van der Waals surface area (Å²) in [4.78, 5) is 2.41. The zero-order chi connectivity index (χ0) is 13.8. The van der Waals surface area contributed by atoms with Gasteiger partial charge in [0.05, 0.1) is 19.3 Å². The first-order valence-corrected chi connectivity index (χ1v) is 7.56. The lowest BCUT2D eigenvalue weighted by Crippen LogP contribution is -2.28. The summed E-state index contributed by atoms with van der Waals surface area (Å²) in [5, 5.41) is 0.